The summed E-state index contributed by atoms with van der Waals surface area (Å²) in [5.41, 5.74) is 2.14. The second-order valence-corrected chi connectivity index (χ2v) is 9.04. The number of nitrogens with zero attached hydrogens (tertiary/aromatic N) is 2. The summed E-state index contributed by atoms with van der Waals surface area (Å²) in [4.78, 5) is 14.7. The van der Waals surface area contributed by atoms with Crippen molar-refractivity contribution in [1.82, 2.24) is 9.21 Å². The Kier molecular flexibility index (Phi) is 7.47. The minimum Gasteiger partial charge on any atom is -0.489 e. The Morgan fingerprint density at radius 3 is 2.27 bits per heavy atom. The Hall–Kier alpha value is -2.42. The smallest absolute Gasteiger partial charge is 0.276 e. The molecule has 2 aromatic rings. The van der Waals surface area contributed by atoms with Gasteiger partial charge in [0.2, 0.25) is 5.91 Å². The molecule has 1 fully saturated rings. The molecule has 0 atom stereocenters. The average molecular weight is 432 g/mol. The maximum absolute atomic E-state index is 12.9. The van der Waals surface area contributed by atoms with Crippen LogP contribution in [-0.4, -0.2) is 43.2 Å². The van der Waals surface area contributed by atoms with E-state index in [1.165, 1.54) is 4.31 Å². The molecule has 0 aliphatic carbocycles. The van der Waals surface area contributed by atoms with Crippen LogP contribution < -0.4 is 9.88 Å². The van der Waals surface area contributed by atoms with Crippen LogP contribution in [0.3, 0.4) is 0 Å². The van der Waals surface area contributed by atoms with Crippen molar-refractivity contribution in [3.05, 3.63) is 65.7 Å². The summed E-state index contributed by atoms with van der Waals surface area (Å²) in [6, 6.07) is 17.8. The van der Waals surface area contributed by atoms with Crippen LogP contribution in [-0.2, 0) is 28.2 Å². The first-order valence-electron chi connectivity index (χ1n) is 10.2. The van der Waals surface area contributed by atoms with E-state index in [0.29, 0.717) is 45.6 Å². The monoisotopic (exact) mass is 431 g/mol. The molecule has 1 aliphatic heterocycles. The Balaban J connectivity index is 1.53. The van der Waals surface area contributed by atoms with Crippen molar-refractivity contribution in [1.29, 1.82) is 0 Å². The zero-order valence-corrected chi connectivity index (χ0v) is 18.1. The molecule has 7 nitrogen and oxygen atoms in total. The molecule has 1 aliphatic rings. The van der Waals surface area contributed by atoms with Crippen molar-refractivity contribution >= 4 is 16.1 Å². The van der Waals surface area contributed by atoms with Gasteiger partial charge in [0.1, 0.15) is 12.4 Å². The molecule has 1 saturated heterocycles. The molecular formula is C22H29N3O4S. The SMILES string of the molecule is CCN(Cc1ccc(OCc2ccccc2)cc1)C(=O)C1CCN(S(N)(=O)=O)CC1. The van der Waals surface area contributed by atoms with E-state index in [1.54, 1.807) is 0 Å². The van der Waals surface area contributed by atoms with E-state index in [-0.39, 0.29) is 11.8 Å². The molecule has 1 amide bonds. The average Bonchev–Trinajstić information content (AvgIpc) is 2.76. The van der Waals surface area contributed by atoms with Crippen molar-refractivity contribution in [2.45, 2.75) is 32.9 Å². The number of amides is 1. The van der Waals surface area contributed by atoms with Gasteiger partial charge in [-0.25, -0.2) is 5.14 Å². The van der Waals surface area contributed by atoms with Gasteiger partial charge in [-0.3, -0.25) is 4.79 Å². The van der Waals surface area contributed by atoms with E-state index < -0.39 is 10.2 Å². The lowest BCUT2D eigenvalue weighted by atomic mass is 9.96. The van der Waals surface area contributed by atoms with Crippen molar-refractivity contribution < 1.29 is 17.9 Å². The summed E-state index contributed by atoms with van der Waals surface area (Å²) >= 11 is 0. The summed E-state index contributed by atoms with van der Waals surface area (Å²) < 4.78 is 29.9. The number of hydrogen-bond donors (Lipinski definition) is 1. The molecule has 8 heteroatoms. The first-order chi connectivity index (χ1) is 14.4. The number of carbonyl (C=O) groups is 1. The van der Waals surface area contributed by atoms with Gasteiger partial charge < -0.3 is 9.64 Å². The third-order valence-electron chi connectivity index (χ3n) is 5.40. The molecule has 1 heterocycles. The van der Waals surface area contributed by atoms with Crippen molar-refractivity contribution in [2.24, 2.45) is 11.1 Å². The van der Waals surface area contributed by atoms with Crippen molar-refractivity contribution in [3.63, 3.8) is 0 Å². The summed E-state index contributed by atoms with van der Waals surface area (Å²) in [6.45, 7) is 4.16. The lowest BCUT2D eigenvalue weighted by molar-refractivity contribution is -0.137. The van der Waals surface area contributed by atoms with E-state index in [0.717, 1.165) is 16.9 Å². The number of carbonyl (C=O) groups excluding carboxylic acids is 1. The number of ether oxygens (including phenoxy) is 1. The van der Waals surface area contributed by atoms with Gasteiger partial charge in [0.25, 0.3) is 10.2 Å². The van der Waals surface area contributed by atoms with Crippen LogP contribution >= 0.6 is 0 Å². The first kappa shape index (κ1) is 22.3. The molecule has 2 aromatic carbocycles. The molecular weight excluding hydrogens is 402 g/mol. The van der Waals surface area contributed by atoms with Gasteiger partial charge >= 0.3 is 0 Å². The Labute approximate surface area is 178 Å². The summed E-state index contributed by atoms with van der Waals surface area (Å²) in [6.07, 6.45) is 0.996. The van der Waals surface area contributed by atoms with Crippen LogP contribution in [0, 0.1) is 5.92 Å². The minimum atomic E-state index is -3.68. The van der Waals surface area contributed by atoms with Crippen LogP contribution in [0.1, 0.15) is 30.9 Å². The predicted molar refractivity (Wildman–Crippen MR) is 116 cm³/mol. The van der Waals surface area contributed by atoms with E-state index in [1.807, 2.05) is 66.4 Å². The fourth-order valence-corrected chi connectivity index (χ4v) is 4.33. The third kappa shape index (κ3) is 6.04. The zero-order valence-electron chi connectivity index (χ0n) is 17.2. The maximum Gasteiger partial charge on any atom is 0.276 e. The van der Waals surface area contributed by atoms with Crippen molar-refractivity contribution in [2.75, 3.05) is 19.6 Å². The zero-order chi connectivity index (χ0) is 21.6. The minimum absolute atomic E-state index is 0.0657. The van der Waals surface area contributed by atoms with E-state index in [2.05, 4.69) is 0 Å². The molecule has 0 spiro atoms. The third-order valence-corrected chi connectivity index (χ3v) is 6.49. The number of piperidine rings is 1. The fourth-order valence-electron chi connectivity index (χ4n) is 3.61. The standard InChI is InChI=1S/C22H29N3O4S/c1-2-24(22(26)20-12-14-25(15-13-20)30(23,27)28)16-18-8-10-21(11-9-18)29-17-19-6-4-3-5-7-19/h3-11,20H,2,12-17H2,1H3,(H2,23,27,28). The highest BCUT2D eigenvalue weighted by Crippen LogP contribution is 2.22. The number of hydrogen-bond acceptors (Lipinski definition) is 4. The largest absolute Gasteiger partial charge is 0.489 e. The Morgan fingerprint density at radius 2 is 1.70 bits per heavy atom. The van der Waals surface area contributed by atoms with Crippen LogP contribution in [0.25, 0.3) is 0 Å². The van der Waals surface area contributed by atoms with Gasteiger partial charge in [-0.2, -0.15) is 12.7 Å². The van der Waals surface area contributed by atoms with Gasteiger partial charge in [0.15, 0.2) is 0 Å². The van der Waals surface area contributed by atoms with Crippen LogP contribution in [0.2, 0.25) is 0 Å². The van der Waals surface area contributed by atoms with Crippen LogP contribution in [0.4, 0.5) is 0 Å². The summed E-state index contributed by atoms with van der Waals surface area (Å²) in [7, 11) is -3.68. The fraction of sp³-hybridized carbons (Fsp3) is 0.409. The van der Waals surface area contributed by atoms with Crippen LogP contribution in [0.15, 0.2) is 54.6 Å². The van der Waals surface area contributed by atoms with E-state index in [4.69, 9.17) is 9.88 Å². The van der Waals surface area contributed by atoms with E-state index in [9.17, 15) is 13.2 Å². The maximum atomic E-state index is 12.9. The Bertz CT molecular complexity index is 925. The van der Waals surface area contributed by atoms with Crippen LogP contribution in [0.5, 0.6) is 5.75 Å². The molecule has 0 bridgehead atoms. The first-order valence-corrected chi connectivity index (χ1v) is 11.7. The molecule has 162 valence electrons. The quantitative estimate of drug-likeness (QED) is 0.695. The topological polar surface area (TPSA) is 92.9 Å². The molecule has 0 unspecified atom stereocenters. The van der Waals surface area contributed by atoms with Crippen molar-refractivity contribution in [3.8, 4) is 5.75 Å². The number of nitrogens with two attached hydrogens (primary N) is 1. The van der Waals surface area contributed by atoms with Gasteiger partial charge in [-0.15, -0.1) is 0 Å². The predicted octanol–water partition coefficient (Wildman–Crippen LogP) is 2.53. The lowest BCUT2D eigenvalue weighted by Crippen LogP contribution is -2.46. The summed E-state index contributed by atoms with van der Waals surface area (Å²) in [5, 5.41) is 5.18. The normalized spacial score (nSPS) is 15.7. The van der Waals surface area contributed by atoms with Gasteiger partial charge in [0.05, 0.1) is 0 Å². The summed E-state index contributed by atoms with van der Waals surface area (Å²) in [5.74, 6) is 0.680. The molecule has 2 N–H and O–H groups in total. The highest BCUT2D eigenvalue weighted by Gasteiger charge is 2.31. The highest BCUT2D eigenvalue weighted by atomic mass is 32.2. The Morgan fingerprint density at radius 1 is 1.07 bits per heavy atom. The van der Waals surface area contributed by atoms with Gasteiger partial charge in [0, 0.05) is 32.1 Å². The molecule has 30 heavy (non-hydrogen) atoms. The molecule has 0 aromatic heterocycles. The second-order valence-electron chi connectivity index (χ2n) is 7.49. The molecule has 0 saturated carbocycles. The lowest BCUT2D eigenvalue weighted by Gasteiger charge is -2.32. The number of rotatable bonds is 8. The second kappa shape index (κ2) is 10.1. The number of benzene rings is 2. The molecule has 3 rings (SSSR count). The van der Waals surface area contributed by atoms with Gasteiger partial charge in [-0.05, 0) is 43.0 Å². The van der Waals surface area contributed by atoms with Gasteiger partial charge in [-0.1, -0.05) is 42.5 Å². The molecule has 0 radical (unpaired) electrons. The highest BCUT2D eigenvalue weighted by molar-refractivity contribution is 7.86. The van der Waals surface area contributed by atoms with E-state index >= 15 is 0 Å².